The molecule has 0 radical (unpaired) electrons. The van der Waals surface area contributed by atoms with E-state index in [0.29, 0.717) is 6.04 Å². The van der Waals surface area contributed by atoms with Gasteiger partial charge in [-0.1, -0.05) is 6.07 Å². The minimum atomic E-state index is 0.560. The Morgan fingerprint density at radius 1 is 1.12 bits per heavy atom. The van der Waals surface area contributed by atoms with Crippen LogP contribution in [-0.4, -0.2) is 47.1 Å². The van der Waals surface area contributed by atoms with E-state index >= 15 is 0 Å². The Morgan fingerprint density at radius 3 is 2.88 bits per heavy atom. The van der Waals surface area contributed by atoms with Gasteiger partial charge >= 0.3 is 0 Å². The summed E-state index contributed by atoms with van der Waals surface area (Å²) in [5.41, 5.74) is 3.97. The summed E-state index contributed by atoms with van der Waals surface area (Å²) in [5.74, 6) is 0. The van der Waals surface area contributed by atoms with Crippen LogP contribution in [0, 0.1) is 0 Å². The van der Waals surface area contributed by atoms with Gasteiger partial charge in [0.15, 0.2) is 5.58 Å². The maximum absolute atomic E-state index is 6.09. The second-order valence-electron chi connectivity index (χ2n) is 7.16. The van der Waals surface area contributed by atoms with Crippen LogP contribution in [0.1, 0.15) is 18.4 Å². The van der Waals surface area contributed by atoms with E-state index in [1.807, 2.05) is 24.4 Å². The highest BCUT2D eigenvalue weighted by molar-refractivity contribution is 5.79. The van der Waals surface area contributed by atoms with Gasteiger partial charge in [0.05, 0.1) is 0 Å². The lowest BCUT2D eigenvalue weighted by molar-refractivity contribution is 0.249. The number of pyridine rings is 1. The van der Waals surface area contributed by atoms with Crippen LogP contribution in [0.4, 0.5) is 11.7 Å². The van der Waals surface area contributed by atoms with Crippen molar-refractivity contribution in [1.82, 2.24) is 14.9 Å². The van der Waals surface area contributed by atoms with Crippen molar-refractivity contribution in [2.75, 3.05) is 36.4 Å². The molecule has 3 aromatic rings. The lowest BCUT2D eigenvalue weighted by Crippen LogP contribution is -2.38. The Hall–Kier alpha value is -2.60. The number of nitrogens with one attached hydrogen (secondary N) is 1. The first-order chi connectivity index (χ1) is 12.8. The highest BCUT2D eigenvalue weighted by Crippen LogP contribution is 2.30. The molecule has 3 fully saturated rings. The second kappa shape index (κ2) is 6.61. The van der Waals surface area contributed by atoms with E-state index < -0.39 is 0 Å². The molecule has 0 atom stereocenters. The number of oxazole rings is 1. The minimum Gasteiger partial charge on any atom is -0.423 e. The topological polar surface area (TPSA) is 57.4 Å². The van der Waals surface area contributed by atoms with E-state index in [4.69, 9.17) is 9.40 Å². The fourth-order valence-corrected chi connectivity index (χ4v) is 3.99. The number of nitrogens with zero attached hydrogens (tertiary/aromatic N) is 4. The average molecular weight is 349 g/mol. The predicted molar refractivity (Wildman–Crippen MR) is 102 cm³/mol. The molecule has 5 heterocycles. The summed E-state index contributed by atoms with van der Waals surface area (Å²) in [6, 6.07) is 11.5. The normalized spacial score (nSPS) is 22.5. The molecule has 1 N–H and O–H groups in total. The molecule has 134 valence electrons. The molecule has 0 aliphatic carbocycles. The van der Waals surface area contributed by atoms with E-state index in [1.165, 1.54) is 25.9 Å². The van der Waals surface area contributed by atoms with Crippen LogP contribution in [0.3, 0.4) is 0 Å². The van der Waals surface area contributed by atoms with Crippen molar-refractivity contribution in [3.05, 3.63) is 48.3 Å². The van der Waals surface area contributed by atoms with E-state index in [0.717, 1.165) is 48.0 Å². The highest BCUT2D eigenvalue weighted by Gasteiger charge is 2.31. The van der Waals surface area contributed by atoms with Crippen LogP contribution in [0.15, 0.2) is 47.1 Å². The SMILES string of the molecule is c1cncc(CNc2ccc3oc(N4CCN5CCC4CC5)nc3c2)c1. The Balaban J connectivity index is 1.36. The number of hydrogen-bond donors (Lipinski definition) is 1. The maximum atomic E-state index is 6.09. The van der Waals surface area contributed by atoms with Crippen LogP contribution in [0.25, 0.3) is 11.1 Å². The predicted octanol–water partition coefficient (Wildman–Crippen LogP) is 3.12. The fourth-order valence-electron chi connectivity index (χ4n) is 3.99. The van der Waals surface area contributed by atoms with Crippen molar-refractivity contribution >= 4 is 22.8 Å². The average Bonchev–Trinajstić information content (AvgIpc) is 2.87. The van der Waals surface area contributed by atoms with Gasteiger partial charge in [-0.2, -0.15) is 4.98 Å². The number of fused-ring (bicyclic) bond motifs is 5. The quantitative estimate of drug-likeness (QED) is 0.781. The number of anilines is 2. The first-order valence-corrected chi connectivity index (χ1v) is 9.37. The third kappa shape index (κ3) is 3.01. The molecule has 0 amide bonds. The van der Waals surface area contributed by atoms with E-state index in [9.17, 15) is 0 Å². The van der Waals surface area contributed by atoms with Crippen LogP contribution in [0.5, 0.6) is 0 Å². The van der Waals surface area contributed by atoms with Crippen molar-refractivity contribution in [2.24, 2.45) is 0 Å². The standard InChI is InChI=1S/C20H23N5O/c1-2-15(13-21-7-1)14-22-16-3-4-19-18(12-16)23-20(26-19)25-11-10-24-8-5-17(25)6-9-24/h1-4,7,12-13,17,22H,5-6,8-11,14H2. The number of benzene rings is 1. The van der Waals surface area contributed by atoms with Crippen LogP contribution in [0.2, 0.25) is 0 Å². The van der Waals surface area contributed by atoms with Gasteiger partial charge in [0.25, 0.3) is 6.01 Å². The molecule has 6 heteroatoms. The van der Waals surface area contributed by atoms with Crippen molar-refractivity contribution in [1.29, 1.82) is 0 Å². The molecule has 0 saturated carbocycles. The number of rotatable bonds is 4. The van der Waals surface area contributed by atoms with E-state index in [2.05, 4.69) is 32.2 Å². The molecule has 6 nitrogen and oxygen atoms in total. The summed E-state index contributed by atoms with van der Waals surface area (Å²) in [4.78, 5) is 13.9. The van der Waals surface area contributed by atoms with Gasteiger partial charge in [0, 0.05) is 56.8 Å². The molecular formula is C20H23N5O. The summed E-state index contributed by atoms with van der Waals surface area (Å²) in [6.45, 7) is 5.25. The first-order valence-electron chi connectivity index (χ1n) is 9.37. The number of aromatic nitrogens is 2. The Kier molecular flexibility index (Phi) is 3.97. The monoisotopic (exact) mass is 349 g/mol. The van der Waals surface area contributed by atoms with Gasteiger partial charge < -0.3 is 19.5 Å². The first kappa shape index (κ1) is 15.6. The van der Waals surface area contributed by atoms with Gasteiger partial charge in [0.2, 0.25) is 0 Å². The molecule has 3 saturated heterocycles. The van der Waals surface area contributed by atoms with Crippen molar-refractivity contribution in [3.63, 3.8) is 0 Å². The van der Waals surface area contributed by atoms with Crippen LogP contribution in [-0.2, 0) is 6.54 Å². The Bertz CT molecular complexity index is 886. The largest absolute Gasteiger partial charge is 0.423 e. The third-order valence-corrected chi connectivity index (χ3v) is 5.50. The molecule has 1 aromatic carbocycles. The van der Waals surface area contributed by atoms with Gasteiger partial charge in [-0.15, -0.1) is 0 Å². The van der Waals surface area contributed by atoms with Crippen molar-refractivity contribution in [2.45, 2.75) is 25.4 Å². The Labute approximate surface area is 152 Å². The second-order valence-corrected chi connectivity index (χ2v) is 7.16. The van der Waals surface area contributed by atoms with Crippen molar-refractivity contribution < 1.29 is 4.42 Å². The van der Waals surface area contributed by atoms with Crippen LogP contribution >= 0.6 is 0 Å². The number of piperidine rings is 1. The summed E-state index contributed by atoms with van der Waals surface area (Å²) >= 11 is 0. The number of hydrogen-bond acceptors (Lipinski definition) is 6. The lowest BCUT2D eigenvalue weighted by atomic mass is 10.1. The molecule has 0 unspecified atom stereocenters. The molecule has 6 rings (SSSR count). The molecule has 2 aromatic heterocycles. The summed E-state index contributed by atoms with van der Waals surface area (Å²) in [5, 5.41) is 3.44. The molecule has 3 aliphatic rings. The zero-order valence-corrected chi connectivity index (χ0v) is 14.8. The molecule has 0 spiro atoms. The summed E-state index contributed by atoms with van der Waals surface area (Å²) in [6.07, 6.45) is 6.08. The smallest absolute Gasteiger partial charge is 0.298 e. The minimum absolute atomic E-state index is 0.560. The van der Waals surface area contributed by atoms with Gasteiger partial charge in [-0.25, -0.2) is 0 Å². The summed E-state index contributed by atoms with van der Waals surface area (Å²) < 4.78 is 6.09. The molecule has 26 heavy (non-hydrogen) atoms. The molecular weight excluding hydrogens is 326 g/mol. The molecule has 3 aliphatic heterocycles. The van der Waals surface area contributed by atoms with Gasteiger partial charge in [-0.3, -0.25) is 4.98 Å². The fraction of sp³-hybridized carbons (Fsp3) is 0.400. The van der Waals surface area contributed by atoms with Gasteiger partial charge in [-0.05, 0) is 42.7 Å². The highest BCUT2D eigenvalue weighted by atomic mass is 16.4. The maximum Gasteiger partial charge on any atom is 0.298 e. The summed E-state index contributed by atoms with van der Waals surface area (Å²) in [7, 11) is 0. The Morgan fingerprint density at radius 2 is 2.04 bits per heavy atom. The zero-order chi connectivity index (χ0) is 17.3. The third-order valence-electron chi connectivity index (χ3n) is 5.50. The van der Waals surface area contributed by atoms with Gasteiger partial charge in [0.1, 0.15) is 5.52 Å². The van der Waals surface area contributed by atoms with Crippen molar-refractivity contribution in [3.8, 4) is 0 Å². The van der Waals surface area contributed by atoms with E-state index in [-0.39, 0.29) is 0 Å². The zero-order valence-electron chi connectivity index (χ0n) is 14.8. The van der Waals surface area contributed by atoms with Crippen LogP contribution < -0.4 is 10.2 Å². The lowest BCUT2D eigenvalue weighted by Gasteiger charge is -2.30. The van der Waals surface area contributed by atoms with E-state index in [1.54, 1.807) is 6.20 Å². The molecule has 2 bridgehead atoms.